The number of benzene rings is 1. The van der Waals surface area contributed by atoms with Crippen molar-refractivity contribution in [2.24, 2.45) is 5.73 Å². The largest absolute Gasteiger partial charge is 0.341 e. The highest BCUT2D eigenvalue weighted by atomic mass is 79.9. The van der Waals surface area contributed by atoms with Gasteiger partial charge in [-0.15, -0.1) is 0 Å². The maximum atomic E-state index is 5.94. The number of halogens is 1. The molecule has 1 aromatic carbocycles. The number of piperidine rings is 1. The minimum Gasteiger partial charge on any atom is -0.341 e. The lowest BCUT2D eigenvalue weighted by Gasteiger charge is -2.30. The number of rotatable bonds is 2. The van der Waals surface area contributed by atoms with Gasteiger partial charge >= 0.3 is 0 Å². The number of aromatic nitrogens is 2. The Morgan fingerprint density at radius 1 is 1.15 bits per heavy atom. The molecule has 1 aliphatic rings. The fourth-order valence-corrected chi connectivity index (χ4v) is 2.91. The van der Waals surface area contributed by atoms with E-state index in [1.807, 2.05) is 30.5 Å². The minimum atomic E-state index is 0.317. The first kappa shape index (κ1) is 13.5. The second kappa shape index (κ2) is 5.89. The Bertz CT molecular complexity index is 594. The molecule has 1 fully saturated rings. The summed E-state index contributed by atoms with van der Waals surface area (Å²) >= 11 is 3.57. The lowest BCUT2D eigenvalue weighted by molar-refractivity contribution is 0.495. The summed E-state index contributed by atoms with van der Waals surface area (Å²) in [5.74, 6) is 0.796. The van der Waals surface area contributed by atoms with Crippen molar-refractivity contribution in [3.05, 3.63) is 41.0 Å². The zero-order valence-electron chi connectivity index (χ0n) is 11.2. The molecular formula is C15H17BrN4. The summed E-state index contributed by atoms with van der Waals surface area (Å²) in [6.45, 7) is 1.86. The standard InChI is InChI=1S/C15H17BrN4/c16-13-4-2-1-3-12(13)14-5-8-18-15(19-14)20-9-6-11(17)7-10-20/h1-5,8,11H,6-7,9-10,17H2. The molecule has 20 heavy (non-hydrogen) atoms. The van der Waals surface area contributed by atoms with Gasteiger partial charge in [0.15, 0.2) is 0 Å². The monoisotopic (exact) mass is 332 g/mol. The van der Waals surface area contributed by atoms with Gasteiger partial charge < -0.3 is 10.6 Å². The lowest BCUT2D eigenvalue weighted by Crippen LogP contribution is -2.40. The highest BCUT2D eigenvalue weighted by Gasteiger charge is 2.18. The van der Waals surface area contributed by atoms with Crippen molar-refractivity contribution < 1.29 is 0 Å². The fraction of sp³-hybridized carbons (Fsp3) is 0.333. The number of hydrogen-bond acceptors (Lipinski definition) is 4. The number of anilines is 1. The quantitative estimate of drug-likeness (QED) is 0.918. The molecule has 0 bridgehead atoms. The first-order valence-electron chi connectivity index (χ1n) is 6.82. The molecular weight excluding hydrogens is 316 g/mol. The minimum absolute atomic E-state index is 0.317. The van der Waals surface area contributed by atoms with Crippen LogP contribution in [0.4, 0.5) is 5.95 Å². The SMILES string of the molecule is NC1CCN(c2nccc(-c3ccccc3Br)n2)CC1. The normalized spacial score (nSPS) is 16.4. The topological polar surface area (TPSA) is 55.0 Å². The molecule has 0 saturated carbocycles. The van der Waals surface area contributed by atoms with Crippen molar-refractivity contribution in [3.63, 3.8) is 0 Å². The zero-order valence-corrected chi connectivity index (χ0v) is 12.8. The third kappa shape index (κ3) is 2.83. The van der Waals surface area contributed by atoms with E-state index in [1.165, 1.54) is 0 Å². The Morgan fingerprint density at radius 2 is 1.90 bits per heavy atom. The van der Waals surface area contributed by atoms with Crippen LogP contribution in [0.3, 0.4) is 0 Å². The van der Waals surface area contributed by atoms with E-state index < -0.39 is 0 Å². The molecule has 1 saturated heterocycles. The van der Waals surface area contributed by atoms with Crippen molar-refractivity contribution in [3.8, 4) is 11.3 Å². The van der Waals surface area contributed by atoms with Crippen LogP contribution in [0.25, 0.3) is 11.3 Å². The zero-order chi connectivity index (χ0) is 13.9. The third-order valence-corrected chi connectivity index (χ3v) is 4.31. The van der Waals surface area contributed by atoms with Crippen LogP contribution in [0.2, 0.25) is 0 Å². The molecule has 0 aliphatic carbocycles. The number of nitrogens with two attached hydrogens (primary N) is 1. The van der Waals surface area contributed by atoms with Crippen molar-refractivity contribution in [2.45, 2.75) is 18.9 Å². The highest BCUT2D eigenvalue weighted by Crippen LogP contribution is 2.27. The lowest BCUT2D eigenvalue weighted by atomic mass is 10.1. The summed E-state index contributed by atoms with van der Waals surface area (Å²) in [4.78, 5) is 11.3. The van der Waals surface area contributed by atoms with Crippen LogP contribution in [0.1, 0.15) is 12.8 Å². The molecule has 2 N–H and O–H groups in total. The molecule has 1 aliphatic heterocycles. The molecule has 0 amide bonds. The van der Waals surface area contributed by atoms with Gasteiger partial charge in [-0.25, -0.2) is 9.97 Å². The van der Waals surface area contributed by atoms with E-state index >= 15 is 0 Å². The van der Waals surface area contributed by atoms with Crippen LogP contribution >= 0.6 is 15.9 Å². The summed E-state index contributed by atoms with van der Waals surface area (Å²) < 4.78 is 1.05. The van der Waals surface area contributed by atoms with Gasteiger partial charge in [0.1, 0.15) is 0 Å². The Labute approximate surface area is 127 Å². The van der Waals surface area contributed by atoms with Crippen molar-refractivity contribution in [1.82, 2.24) is 9.97 Å². The van der Waals surface area contributed by atoms with E-state index in [9.17, 15) is 0 Å². The molecule has 0 spiro atoms. The molecule has 3 rings (SSSR count). The van der Waals surface area contributed by atoms with Crippen LogP contribution in [0.15, 0.2) is 41.0 Å². The van der Waals surface area contributed by atoms with Gasteiger partial charge in [-0.05, 0) is 25.0 Å². The van der Waals surface area contributed by atoms with Gasteiger partial charge in [0, 0.05) is 35.4 Å². The maximum Gasteiger partial charge on any atom is 0.225 e. The predicted octanol–water partition coefficient (Wildman–Crippen LogP) is 2.83. The maximum absolute atomic E-state index is 5.94. The average molecular weight is 333 g/mol. The molecule has 0 unspecified atom stereocenters. The molecule has 1 aromatic heterocycles. The molecule has 5 heteroatoms. The Kier molecular flexibility index (Phi) is 3.98. The van der Waals surface area contributed by atoms with Crippen molar-refractivity contribution in [2.75, 3.05) is 18.0 Å². The average Bonchev–Trinajstić information content (AvgIpc) is 2.49. The van der Waals surface area contributed by atoms with Gasteiger partial charge in [-0.2, -0.15) is 0 Å². The van der Waals surface area contributed by atoms with Gasteiger partial charge in [0.05, 0.1) is 5.69 Å². The van der Waals surface area contributed by atoms with Crippen LogP contribution < -0.4 is 10.6 Å². The first-order chi connectivity index (χ1) is 9.74. The number of hydrogen-bond donors (Lipinski definition) is 1. The molecule has 104 valence electrons. The Balaban J connectivity index is 1.88. The molecule has 2 heterocycles. The second-order valence-corrected chi connectivity index (χ2v) is 5.90. The van der Waals surface area contributed by atoms with Crippen molar-refractivity contribution in [1.29, 1.82) is 0 Å². The molecule has 0 radical (unpaired) electrons. The Hall–Kier alpha value is -1.46. The van der Waals surface area contributed by atoms with Crippen LogP contribution in [-0.2, 0) is 0 Å². The smallest absolute Gasteiger partial charge is 0.225 e. The Morgan fingerprint density at radius 3 is 2.65 bits per heavy atom. The summed E-state index contributed by atoms with van der Waals surface area (Å²) in [5.41, 5.74) is 7.97. The summed E-state index contributed by atoms with van der Waals surface area (Å²) in [5, 5.41) is 0. The van der Waals surface area contributed by atoms with E-state index in [2.05, 4.69) is 31.9 Å². The molecule has 0 atom stereocenters. The van der Waals surface area contributed by atoms with Gasteiger partial charge in [-0.1, -0.05) is 34.1 Å². The second-order valence-electron chi connectivity index (χ2n) is 5.05. The molecule has 2 aromatic rings. The third-order valence-electron chi connectivity index (χ3n) is 3.62. The van der Waals surface area contributed by atoms with Crippen LogP contribution in [0, 0.1) is 0 Å². The van der Waals surface area contributed by atoms with E-state index in [-0.39, 0.29) is 0 Å². The van der Waals surface area contributed by atoms with Crippen LogP contribution in [-0.4, -0.2) is 29.1 Å². The van der Waals surface area contributed by atoms with Gasteiger partial charge in [-0.3, -0.25) is 0 Å². The highest BCUT2D eigenvalue weighted by molar-refractivity contribution is 9.10. The number of nitrogens with zero attached hydrogens (tertiary/aromatic N) is 3. The fourth-order valence-electron chi connectivity index (χ4n) is 2.42. The van der Waals surface area contributed by atoms with E-state index in [1.54, 1.807) is 0 Å². The summed E-state index contributed by atoms with van der Waals surface area (Å²) in [6.07, 6.45) is 3.83. The van der Waals surface area contributed by atoms with Crippen LogP contribution in [0.5, 0.6) is 0 Å². The molecule has 4 nitrogen and oxygen atoms in total. The van der Waals surface area contributed by atoms with Crippen molar-refractivity contribution >= 4 is 21.9 Å². The van der Waals surface area contributed by atoms with Gasteiger partial charge in [0.2, 0.25) is 5.95 Å². The first-order valence-corrected chi connectivity index (χ1v) is 7.62. The van der Waals surface area contributed by atoms with E-state index in [4.69, 9.17) is 10.7 Å². The summed E-state index contributed by atoms with van der Waals surface area (Å²) in [7, 11) is 0. The summed E-state index contributed by atoms with van der Waals surface area (Å²) in [6, 6.07) is 10.4. The van der Waals surface area contributed by atoms with Gasteiger partial charge in [0.25, 0.3) is 0 Å². The van der Waals surface area contributed by atoms with E-state index in [0.717, 1.165) is 47.6 Å². The van der Waals surface area contributed by atoms with E-state index in [0.29, 0.717) is 6.04 Å². The predicted molar refractivity (Wildman–Crippen MR) is 84.6 cm³/mol.